The molecule has 10 aromatic carbocycles. The second-order valence-electron chi connectivity index (χ2n) is 22.3. The zero-order chi connectivity index (χ0) is 52.8. The molecule has 0 bridgehead atoms. The quantitative estimate of drug-likeness (QED) is 0.142. The summed E-state index contributed by atoms with van der Waals surface area (Å²) in [5.41, 5.74) is 17.4. The summed E-state index contributed by atoms with van der Waals surface area (Å²) in [7, 11) is 0. The maximum atomic E-state index is 10.1. The predicted molar refractivity (Wildman–Crippen MR) is 316 cm³/mol. The highest BCUT2D eigenvalue weighted by molar-refractivity contribution is 6.26. The van der Waals surface area contributed by atoms with Crippen LogP contribution in [0.2, 0.25) is 0 Å². The number of rotatable bonds is 8. The Bertz CT molecular complexity index is 4290. The van der Waals surface area contributed by atoms with Gasteiger partial charge < -0.3 is 18.6 Å². The van der Waals surface area contributed by atoms with E-state index in [1.165, 1.54) is 11.1 Å². The van der Waals surface area contributed by atoms with Gasteiger partial charge in [-0.25, -0.2) is 4.85 Å². The highest BCUT2D eigenvalue weighted by atomic mass is 16.3. The van der Waals surface area contributed by atoms with Crippen LogP contribution in [0.25, 0.3) is 59.8 Å². The van der Waals surface area contributed by atoms with Crippen molar-refractivity contribution >= 4 is 83.7 Å². The van der Waals surface area contributed by atoms with Crippen LogP contribution >= 0.6 is 0 Å². The van der Waals surface area contributed by atoms with E-state index in [1.54, 1.807) is 0 Å². The highest BCUT2D eigenvalue weighted by Crippen LogP contribution is 2.64. The number of nitrogens with zero attached hydrogens (tertiary/aromatic N) is 4. The molecular formula is C71H54N4O2. The third-order valence-electron chi connectivity index (χ3n) is 15.7. The lowest BCUT2D eigenvalue weighted by atomic mass is 9.67. The lowest BCUT2D eigenvalue weighted by Crippen LogP contribution is -2.29. The summed E-state index contributed by atoms with van der Waals surface area (Å²) in [5.74, 6) is 0. The Labute approximate surface area is 449 Å². The second kappa shape index (κ2) is 17.8. The summed E-state index contributed by atoms with van der Waals surface area (Å²) < 4.78 is 14.8. The fraction of sp³-hybridized carbons (Fsp3) is 0.127. The molecule has 0 N–H and O–H groups in total. The van der Waals surface area contributed by atoms with Crippen LogP contribution in [0.3, 0.4) is 0 Å². The summed E-state index contributed by atoms with van der Waals surface area (Å²) in [4.78, 5) is 8.43. The Hall–Kier alpha value is -9.62. The van der Waals surface area contributed by atoms with E-state index in [0.29, 0.717) is 11.3 Å². The minimum atomic E-state index is -0.946. The van der Waals surface area contributed by atoms with Crippen molar-refractivity contribution in [3.63, 3.8) is 0 Å². The zero-order valence-corrected chi connectivity index (χ0v) is 43.9. The number of benzene rings is 10. The van der Waals surface area contributed by atoms with E-state index in [9.17, 15) is 5.26 Å². The lowest BCUT2D eigenvalue weighted by molar-refractivity contribution is 0.590. The smallest absolute Gasteiger partial charge is 0.187 e. The van der Waals surface area contributed by atoms with Crippen molar-refractivity contribution in [1.29, 1.82) is 5.26 Å². The van der Waals surface area contributed by atoms with E-state index in [1.807, 2.05) is 48.5 Å². The Morgan fingerprint density at radius 3 is 1.36 bits per heavy atom. The first-order chi connectivity index (χ1) is 37.4. The third-order valence-corrected chi connectivity index (χ3v) is 15.7. The van der Waals surface area contributed by atoms with Crippen LogP contribution in [-0.4, -0.2) is 0 Å². The SMILES string of the molecule is [C-]#[N+]c1ccc(N(c2ccc(C(C)(C)C)cc2)c2cc3c(c4c2oc2ccccc24)-c2c(cc(N(c4ccc(C#N)cc4)c4ccc(C(C)(C)C)cc4)c4c2oc2ccccc24)C3(c2ccccc2)c2ccccc2)cc1. The number of fused-ring (bicyclic) bond motifs is 11. The summed E-state index contributed by atoms with van der Waals surface area (Å²) in [6.45, 7) is 21.3. The van der Waals surface area contributed by atoms with Gasteiger partial charge in [0.05, 0.1) is 40.4 Å². The Kier molecular flexibility index (Phi) is 10.9. The van der Waals surface area contributed by atoms with Crippen LogP contribution < -0.4 is 9.80 Å². The van der Waals surface area contributed by atoms with Gasteiger partial charge in [-0.15, -0.1) is 0 Å². The van der Waals surface area contributed by atoms with Crippen molar-refractivity contribution < 1.29 is 8.83 Å². The molecule has 0 spiro atoms. The van der Waals surface area contributed by atoms with Gasteiger partial charge in [0.15, 0.2) is 11.3 Å². The molecule has 0 amide bonds. The molecule has 0 unspecified atom stereocenters. The average Bonchev–Trinajstić information content (AvgIpc) is 4.22. The normalized spacial score (nSPS) is 12.9. The molecule has 6 nitrogen and oxygen atoms in total. The molecule has 0 saturated heterocycles. The number of furan rings is 2. The largest absolute Gasteiger partial charge is 0.455 e. The number of hydrogen-bond donors (Lipinski definition) is 0. The van der Waals surface area contributed by atoms with E-state index in [0.717, 1.165) is 111 Å². The molecule has 0 fully saturated rings. The van der Waals surface area contributed by atoms with Gasteiger partial charge in [0.25, 0.3) is 0 Å². The van der Waals surface area contributed by atoms with Gasteiger partial charge in [-0.1, -0.05) is 175 Å². The minimum Gasteiger partial charge on any atom is -0.455 e. The monoisotopic (exact) mass is 994 g/mol. The van der Waals surface area contributed by atoms with Gasteiger partial charge >= 0.3 is 0 Å². The van der Waals surface area contributed by atoms with Gasteiger partial charge in [-0.2, -0.15) is 5.26 Å². The first-order valence-electron chi connectivity index (χ1n) is 26.2. The molecule has 1 aliphatic rings. The molecule has 370 valence electrons. The van der Waals surface area contributed by atoms with Crippen LogP contribution in [-0.2, 0) is 16.2 Å². The maximum absolute atomic E-state index is 10.1. The topological polar surface area (TPSA) is 60.9 Å². The van der Waals surface area contributed by atoms with Crippen molar-refractivity contribution in [2.45, 2.75) is 57.8 Å². The van der Waals surface area contributed by atoms with Crippen molar-refractivity contribution in [3.05, 3.63) is 269 Å². The Morgan fingerprint density at radius 2 is 0.870 bits per heavy atom. The fourth-order valence-corrected chi connectivity index (χ4v) is 12.0. The van der Waals surface area contributed by atoms with E-state index in [2.05, 4.69) is 232 Å². The number of para-hydroxylation sites is 2. The first-order valence-corrected chi connectivity index (χ1v) is 26.2. The van der Waals surface area contributed by atoms with Gasteiger partial charge in [0, 0.05) is 50.0 Å². The molecule has 2 heterocycles. The van der Waals surface area contributed by atoms with E-state index < -0.39 is 5.41 Å². The summed E-state index contributed by atoms with van der Waals surface area (Å²) in [6.07, 6.45) is 0. The molecule has 6 heteroatoms. The molecular weight excluding hydrogens is 941 g/mol. The van der Waals surface area contributed by atoms with Gasteiger partial charge in [-0.3, -0.25) is 0 Å². The predicted octanol–water partition coefficient (Wildman–Crippen LogP) is 19.8. The maximum Gasteiger partial charge on any atom is 0.187 e. The molecule has 12 aromatic rings. The van der Waals surface area contributed by atoms with Gasteiger partial charge in [0.1, 0.15) is 16.7 Å². The molecule has 0 aliphatic heterocycles. The Balaban J connectivity index is 1.23. The van der Waals surface area contributed by atoms with Gasteiger partial charge in [-0.05, 0) is 129 Å². The molecule has 0 radical (unpaired) electrons. The number of hydrogen-bond acceptors (Lipinski definition) is 5. The highest BCUT2D eigenvalue weighted by Gasteiger charge is 2.50. The van der Waals surface area contributed by atoms with Gasteiger partial charge in [0.2, 0.25) is 0 Å². The second-order valence-corrected chi connectivity index (χ2v) is 22.3. The van der Waals surface area contributed by atoms with Crippen LogP contribution in [0.1, 0.15) is 80.5 Å². The summed E-state index contributed by atoms with van der Waals surface area (Å²) >= 11 is 0. The fourth-order valence-electron chi connectivity index (χ4n) is 12.0. The molecule has 77 heavy (non-hydrogen) atoms. The van der Waals surface area contributed by atoms with E-state index in [-0.39, 0.29) is 10.8 Å². The molecule has 1 aliphatic carbocycles. The number of anilines is 6. The Morgan fingerprint density at radius 1 is 0.455 bits per heavy atom. The lowest BCUT2D eigenvalue weighted by Gasteiger charge is -2.36. The number of nitriles is 1. The van der Waals surface area contributed by atoms with Crippen LogP contribution in [0.15, 0.2) is 227 Å². The van der Waals surface area contributed by atoms with Crippen LogP contribution in [0, 0.1) is 17.9 Å². The zero-order valence-electron chi connectivity index (χ0n) is 43.9. The van der Waals surface area contributed by atoms with Crippen molar-refractivity contribution in [2.24, 2.45) is 0 Å². The van der Waals surface area contributed by atoms with E-state index >= 15 is 0 Å². The standard InChI is InChI=1S/C71H54N4O2/c1-69(2,3)46-28-36-52(37-29-46)74(51-34-26-45(44-72)27-35-51)59-42-58-66(68-63(59)55-22-14-16-24-61(55)77-68)65-57(71(58,48-18-10-8-11-19-48)49-20-12-9-13-21-49)43-60(67-64(65)56-23-15-17-25-62(56)76-67)75(54-40-32-50(73-7)33-41-54)53-38-30-47(31-39-53)70(4,5)6/h8-43H,1-6H3. The van der Waals surface area contributed by atoms with Crippen LogP contribution in [0.5, 0.6) is 0 Å². The molecule has 0 atom stereocenters. The summed E-state index contributed by atoms with van der Waals surface area (Å²) in [5, 5.41) is 14.0. The van der Waals surface area contributed by atoms with Crippen molar-refractivity contribution in [1.82, 2.24) is 0 Å². The van der Waals surface area contributed by atoms with E-state index in [4.69, 9.17) is 15.4 Å². The third kappa shape index (κ3) is 7.43. The minimum absolute atomic E-state index is 0.0652. The van der Waals surface area contributed by atoms with Crippen molar-refractivity contribution in [2.75, 3.05) is 9.80 Å². The summed E-state index contributed by atoms with van der Waals surface area (Å²) in [6, 6.07) is 79.3. The molecule has 13 rings (SSSR count). The molecule has 2 aromatic heterocycles. The molecule has 0 saturated carbocycles. The first kappa shape index (κ1) is 47.1. The van der Waals surface area contributed by atoms with Crippen molar-refractivity contribution in [3.8, 4) is 17.2 Å². The van der Waals surface area contributed by atoms with Crippen LogP contribution in [0.4, 0.5) is 39.8 Å². The average molecular weight is 995 g/mol.